The Hall–Kier alpha value is -2.13. The molecule has 3 rings (SSSR count). The highest BCUT2D eigenvalue weighted by Gasteiger charge is 2.07. The second-order valence-electron chi connectivity index (χ2n) is 4.38. The van der Waals surface area contributed by atoms with Gasteiger partial charge in [0.05, 0.1) is 17.2 Å². The van der Waals surface area contributed by atoms with Gasteiger partial charge in [-0.25, -0.2) is 4.98 Å². The van der Waals surface area contributed by atoms with Crippen molar-refractivity contribution in [2.24, 2.45) is 0 Å². The highest BCUT2D eigenvalue weighted by Crippen LogP contribution is 2.29. The molecule has 0 atom stereocenters. The van der Waals surface area contributed by atoms with Crippen LogP contribution >= 0.6 is 11.6 Å². The number of nitrogens with zero attached hydrogens (tertiary/aromatic N) is 1. The molecule has 0 unspecified atom stereocenters. The summed E-state index contributed by atoms with van der Waals surface area (Å²) in [5.41, 5.74) is 3.55. The van der Waals surface area contributed by atoms with Crippen LogP contribution in [0.2, 0.25) is 5.02 Å². The van der Waals surface area contributed by atoms with E-state index in [1.807, 2.05) is 43.3 Å². The summed E-state index contributed by atoms with van der Waals surface area (Å²) < 4.78 is 0. The van der Waals surface area contributed by atoms with Gasteiger partial charge in [0.25, 0.3) is 5.56 Å². The minimum absolute atomic E-state index is 0.133. The summed E-state index contributed by atoms with van der Waals surface area (Å²) >= 11 is 6.13. The van der Waals surface area contributed by atoms with Gasteiger partial charge in [-0.1, -0.05) is 29.8 Å². The van der Waals surface area contributed by atoms with E-state index in [-0.39, 0.29) is 5.56 Å². The Morgan fingerprint density at radius 2 is 2.05 bits per heavy atom. The van der Waals surface area contributed by atoms with E-state index in [1.165, 1.54) is 6.33 Å². The fourth-order valence-electron chi connectivity index (χ4n) is 2.16. The van der Waals surface area contributed by atoms with Crippen molar-refractivity contribution in [3.8, 4) is 11.1 Å². The summed E-state index contributed by atoms with van der Waals surface area (Å²) in [7, 11) is 0. The topological polar surface area (TPSA) is 45.8 Å². The minimum atomic E-state index is -0.133. The molecule has 3 nitrogen and oxygen atoms in total. The maximum absolute atomic E-state index is 11.8. The van der Waals surface area contributed by atoms with E-state index in [2.05, 4.69) is 9.97 Å². The van der Waals surface area contributed by atoms with Crippen molar-refractivity contribution >= 4 is 22.5 Å². The van der Waals surface area contributed by atoms with Gasteiger partial charge in [0, 0.05) is 5.02 Å². The van der Waals surface area contributed by atoms with Crippen LogP contribution in [-0.4, -0.2) is 9.97 Å². The standard InChI is InChI=1S/C15H11ClN2O/c1-9-11(3-2-4-13(9)16)10-5-6-14-12(7-10)15(19)18-8-17-14/h2-8H,1H3,(H,17,18,19). The third-order valence-corrected chi connectivity index (χ3v) is 3.63. The molecule has 94 valence electrons. The zero-order chi connectivity index (χ0) is 13.4. The molecule has 0 aliphatic rings. The van der Waals surface area contributed by atoms with Crippen molar-refractivity contribution in [3.05, 3.63) is 63.7 Å². The highest BCUT2D eigenvalue weighted by molar-refractivity contribution is 6.31. The molecule has 0 fully saturated rings. The first-order chi connectivity index (χ1) is 9.16. The van der Waals surface area contributed by atoms with Gasteiger partial charge >= 0.3 is 0 Å². The molecular weight excluding hydrogens is 260 g/mol. The number of halogens is 1. The molecule has 19 heavy (non-hydrogen) atoms. The maximum Gasteiger partial charge on any atom is 0.258 e. The third-order valence-electron chi connectivity index (χ3n) is 3.22. The number of hydrogen-bond acceptors (Lipinski definition) is 2. The van der Waals surface area contributed by atoms with E-state index < -0.39 is 0 Å². The lowest BCUT2D eigenvalue weighted by Crippen LogP contribution is -2.06. The molecule has 0 saturated heterocycles. The lowest BCUT2D eigenvalue weighted by Gasteiger charge is -2.08. The van der Waals surface area contributed by atoms with Crippen molar-refractivity contribution in [1.82, 2.24) is 9.97 Å². The lowest BCUT2D eigenvalue weighted by atomic mass is 9.99. The Morgan fingerprint density at radius 3 is 2.89 bits per heavy atom. The first-order valence-electron chi connectivity index (χ1n) is 5.90. The molecule has 0 radical (unpaired) electrons. The molecule has 0 amide bonds. The summed E-state index contributed by atoms with van der Waals surface area (Å²) in [6.07, 6.45) is 1.41. The predicted molar refractivity (Wildman–Crippen MR) is 77.5 cm³/mol. The summed E-state index contributed by atoms with van der Waals surface area (Å²) in [5, 5.41) is 1.30. The number of hydrogen-bond donors (Lipinski definition) is 1. The summed E-state index contributed by atoms with van der Waals surface area (Å²) in [5.74, 6) is 0. The number of benzene rings is 2. The summed E-state index contributed by atoms with van der Waals surface area (Å²) in [4.78, 5) is 18.5. The Morgan fingerprint density at radius 1 is 1.21 bits per heavy atom. The third kappa shape index (κ3) is 2.02. The van der Waals surface area contributed by atoms with Gasteiger partial charge < -0.3 is 4.98 Å². The van der Waals surface area contributed by atoms with Crippen LogP contribution in [0.5, 0.6) is 0 Å². The predicted octanol–water partition coefficient (Wildman–Crippen LogP) is 3.55. The smallest absolute Gasteiger partial charge is 0.258 e. The SMILES string of the molecule is Cc1c(Cl)cccc1-c1ccc2nc[nH]c(=O)c2c1. The zero-order valence-corrected chi connectivity index (χ0v) is 11.0. The van der Waals surface area contributed by atoms with Crippen molar-refractivity contribution in [2.45, 2.75) is 6.92 Å². The van der Waals surface area contributed by atoms with Crippen LogP contribution in [0.25, 0.3) is 22.0 Å². The second-order valence-corrected chi connectivity index (χ2v) is 4.78. The van der Waals surface area contributed by atoms with Crippen LogP contribution < -0.4 is 5.56 Å². The van der Waals surface area contributed by atoms with E-state index >= 15 is 0 Å². The quantitative estimate of drug-likeness (QED) is 0.735. The lowest BCUT2D eigenvalue weighted by molar-refractivity contribution is 1.17. The van der Waals surface area contributed by atoms with Crippen molar-refractivity contribution < 1.29 is 0 Å². The molecule has 0 spiro atoms. The average molecular weight is 271 g/mol. The Bertz CT molecular complexity index is 824. The highest BCUT2D eigenvalue weighted by atomic mass is 35.5. The van der Waals surface area contributed by atoms with Crippen LogP contribution in [0.4, 0.5) is 0 Å². The van der Waals surface area contributed by atoms with E-state index in [1.54, 1.807) is 0 Å². The molecule has 3 aromatic rings. The second kappa shape index (κ2) is 4.52. The van der Waals surface area contributed by atoms with E-state index in [0.717, 1.165) is 21.7 Å². The summed E-state index contributed by atoms with van der Waals surface area (Å²) in [6, 6.07) is 11.4. The number of nitrogens with one attached hydrogen (secondary N) is 1. The van der Waals surface area contributed by atoms with Crippen LogP contribution in [0, 0.1) is 6.92 Å². The van der Waals surface area contributed by atoms with Crippen LogP contribution in [0.15, 0.2) is 47.5 Å². The van der Waals surface area contributed by atoms with Gasteiger partial charge in [0.15, 0.2) is 0 Å². The van der Waals surface area contributed by atoms with E-state index in [0.29, 0.717) is 10.9 Å². The van der Waals surface area contributed by atoms with Crippen molar-refractivity contribution in [1.29, 1.82) is 0 Å². The van der Waals surface area contributed by atoms with Crippen LogP contribution in [-0.2, 0) is 0 Å². The largest absolute Gasteiger partial charge is 0.313 e. The first-order valence-corrected chi connectivity index (χ1v) is 6.27. The Kier molecular flexibility index (Phi) is 2.84. The average Bonchev–Trinajstić information content (AvgIpc) is 2.42. The number of aromatic nitrogens is 2. The first kappa shape index (κ1) is 11.9. The van der Waals surface area contributed by atoms with E-state index in [9.17, 15) is 4.79 Å². The molecule has 0 bridgehead atoms. The monoisotopic (exact) mass is 270 g/mol. The Balaban J connectivity index is 2.29. The van der Waals surface area contributed by atoms with Gasteiger partial charge in [-0.15, -0.1) is 0 Å². The van der Waals surface area contributed by atoms with Gasteiger partial charge in [-0.2, -0.15) is 0 Å². The number of fused-ring (bicyclic) bond motifs is 1. The normalized spacial score (nSPS) is 10.8. The number of rotatable bonds is 1. The molecule has 0 saturated carbocycles. The number of H-pyrrole nitrogens is 1. The van der Waals surface area contributed by atoms with Crippen molar-refractivity contribution in [3.63, 3.8) is 0 Å². The maximum atomic E-state index is 11.8. The molecular formula is C15H11ClN2O. The Labute approximate surface area is 114 Å². The molecule has 0 aliphatic heterocycles. The summed E-state index contributed by atoms with van der Waals surface area (Å²) in [6.45, 7) is 1.97. The van der Waals surface area contributed by atoms with Gasteiger partial charge in [-0.05, 0) is 41.8 Å². The molecule has 1 N–H and O–H groups in total. The molecule has 4 heteroatoms. The fourth-order valence-corrected chi connectivity index (χ4v) is 2.33. The number of aromatic amines is 1. The van der Waals surface area contributed by atoms with Crippen LogP contribution in [0.3, 0.4) is 0 Å². The molecule has 2 aromatic carbocycles. The van der Waals surface area contributed by atoms with Gasteiger partial charge in [0.2, 0.25) is 0 Å². The molecule has 1 heterocycles. The minimum Gasteiger partial charge on any atom is -0.313 e. The molecule has 0 aliphatic carbocycles. The van der Waals surface area contributed by atoms with Gasteiger partial charge in [0.1, 0.15) is 0 Å². The molecule has 1 aromatic heterocycles. The van der Waals surface area contributed by atoms with Crippen molar-refractivity contribution in [2.75, 3.05) is 0 Å². The van der Waals surface area contributed by atoms with E-state index in [4.69, 9.17) is 11.6 Å². The fraction of sp³-hybridized carbons (Fsp3) is 0.0667. The van der Waals surface area contributed by atoms with Gasteiger partial charge in [-0.3, -0.25) is 4.79 Å². The zero-order valence-electron chi connectivity index (χ0n) is 10.3. The van der Waals surface area contributed by atoms with Crippen LogP contribution in [0.1, 0.15) is 5.56 Å².